The molecule has 8 nitrogen and oxygen atoms in total. The number of unbranched alkanes of at least 4 members (excludes halogenated alkanes) is 17. The summed E-state index contributed by atoms with van der Waals surface area (Å²) in [5, 5.41) is 11.7. The molecule has 0 aromatic heterocycles. The van der Waals surface area contributed by atoms with Gasteiger partial charge < -0.3 is 28.6 Å². The van der Waals surface area contributed by atoms with Gasteiger partial charge in [0.1, 0.15) is 12.6 Å². The minimum Gasteiger partial charge on any atom is -0.544 e. The maximum Gasteiger partial charge on any atom is 0.306 e. The summed E-state index contributed by atoms with van der Waals surface area (Å²) in [5.74, 6) is -1.77. The molecule has 0 spiro atoms. The lowest BCUT2D eigenvalue weighted by Crippen LogP contribution is -2.55. The zero-order valence-corrected chi connectivity index (χ0v) is 39.8. The molecule has 0 aromatic carbocycles. The van der Waals surface area contributed by atoms with E-state index in [2.05, 4.69) is 86.8 Å². The molecule has 0 heterocycles. The van der Waals surface area contributed by atoms with E-state index < -0.39 is 18.1 Å². The van der Waals surface area contributed by atoms with Crippen molar-refractivity contribution in [2.75, 3.05) is 41.0 Å². The number of allylic oxidation sites excluding steroid dienone is 12. The third-order valence-corrected chi connectivity index (χ3v) is 10.6. The number of carboxylic acids is 1. The molecule has 0 rings (SSSR count). The number of carbonyl (C=O) groups is 3. The molecule has 0 aromatic rings. The van der Waals surface area contributed by atoms with Crippen LogP contribution in [0.3, 0.4) is 0 Å². The molecule has 350 valence electrons. The SMILES string of the molecule is CC/C=C\C/C=C\C/C=C\C/C=C\CCCCCCCCC(=O)OC(COCCC(C(=O)[O-])[N+](C)(C)C)COC(=O)CCCCCCCCC/C=C\C/C=C\CCCCCC. The maximum absolute atomic E-state index is 12.8. The number of carboxylic acid groups (broad SMARTS) is 1. The summed E-state index contributed by atoms with van der Waals surface area (Å²) < 4.78 is 17.2. The Kier molecular flexibility index (Phi) is 41.1. The van der Waals surface area contributed by atoms with Crippen molar-refractivity contribution in [3.8, 4) is 0 Å². The fraction of sp³-hybridized carbons (Fsp3) is 0.717. The Morgan fingerprint density at radius 3 is 1.36 bits per heavy atom. The molecule has 0 amide bonds. The Balaban J connectivity index is 4.33. The zero-order valence-electron chi connectivity index (χ0n) is 39.8. The van der Waals surface area contributed by atoms with Gasteiger partial charge in [-0.3, -0.25) is 9.59 Å². The number of carbonyl (C=O) groups excluding carboxylic acids is 3. The van der Waals surface area contributed by atoms with E-state index in [1.165, 1.54) is 70.6 Å². The maximum atomic E-state index is 12.8. The van der Waals surface area contributed by atoms with Gasteiger partial charge in [0.25, 0.3) is 0 Å². The Labute approximate surface area is 374 Å². The largest absolute Gasteiger partial charge is 0.544 e. The molecule has 8 heteroatoms. The molecular weight excluding hydrogens is 763 g/mol. The Bertz CT molecular complexity index is 1230. The number of quaternary nitrogens is 1. The van der Waals surface area contributed by atoms with Gasteiger partial charge in [0, 0.05) is 19.3 Å². The Morgan fingerprint density at radius 2 is 0.918 bits per heavy atom. The second kappa shape index (κ2) is 43.4. The predicted molar refractivity (Wildman–Crippen MR) is 254 cm³/mol. The Hall–Kier alpha value is -3.23. The summed E-state index contributed by atoms with van der Waals surface area (Å²) in [6.07, 6.45) is 54.9. The number of likely N-dealkylation sites (N-methyl/N-ethyl adjacent to an activating group) is 1. The van der Waals surface area contributed by atoms with Gasteiger partial charge >= 0.3 is 11.9 Å². The van der Waals surface area contributed by atoms with Crippen molar-refractivity contribution < 1.29 is 38.2 Å². The molecular formula is C53H91NO7. The number of hydrogen-bond donors (Lipinski definition) is 0. The summed E-state index contributed by atoms with van der Waals surface area (Å²) in [7, 11) is 5.40. The fourth-order valence-corrected chi connectivity index (χ4v) is 6.80. The number of hydrogen-bond acceptors (Lipinski definition) is 7. The van der Waals surface area contributed by atoms with Crippen molar-refractivity contribution in [2.45, 2.75) is 206 Å². The van der Waals surface area contributed by atoms with Crippen molar-refractivity contribution in [2.24, 2.45) is 0 Å². The first-order valence-electron chi connectivity index (χ1n) is 24.5. The lowest BCUT2D eigenvalue weighted by molar-refractivity contribution is -0.889. The third kappa shape index (κ3) is 41.9. The first kappa shape index (κ1) is 57.8. The lowest BCUT2D eigenvalue weighted by atomic mass is 10.1. The average molecular weight is 854 g/mol. The summed E-state index contributed by atoms with van der Waals surface area (Å²) in [6, 6.07) is -0.733. The van der Waals surface area contributed by atoms with Crippen molar-refractivity contribution in [3.05, 3.63) is 72.9 Å². The minimum atomic E-state index is -1.13. The van der Waals surface area contributed by atoms with Crippen LogP contribution in [0.15, 0.2) is 72.9 Å². The van der Waals surface area contributed by atoms with E-state index >= 15 is 0 Å². The van der Waals surface area contributed by atoms with E-state index in [1.54, 1.807) is 21.1 Å². The van der Waals surface area contributed by atoms with Gasteiger partial charge in [-0.15, -0.1) is 0 Å². The number of rotatable bonds is 43. The van der Waals surface area contributed by atoms with E-state index in [0.717, 1.165) is 89.9 Å². The van der Waals surface area contributed by atoms with Gasteiger partial charge in [0.15, 0.2) is 6.10 Å². The molecule has 2 unspecified atom stereocenters. The first-order chi connectivity index (χ1) is 29.6. The predicted octanol–water partition coefficient (Wildman–Crippen LogP) is 12.6. The highest BCUT2D eigenvalue weighted by Gasteiger charge is 2.25. The molecule has 0 radical (unpaired) electrons. The van der Waals surface area contributed by atoms with Crippen LogP contribution in [0.2, 0.25) is 0 Å². The standard InChI is InChI=1S/C53H91NO7/c1-6-8-10-12-14-16-18-20-22-24-26-28-30-32-34-36-38-40-42-44-52(56)61-49(47-59-46-45-50(53(57)58)54(3,4)5)48-60-51(55)43-41-39-37-35-33-31-29-27-25-23-21-19-17-15-13-11-9-7-2/h8,10,14,16-17,19-20,22-23,25-26,28,49-50H,6-7,9,11-13,15,18,21,24,27,29-48H2,1-5H3/b10-8-,16-14-,19-17-,22-20-,25-23-,28-26-. The zero-order chi connectivity index (χ0) is 44.9. The summed E-state index contributed by atoms with van der Waals surface area (Å²) in [5.41, 5.74) is 0. The van der Waals surface area contributed by atoms with Gasteiger partial charge in [-0.1, -0.05) is 164 Å². The highest BCUT2D eigenvalue weighted by atomic mass is 16.6. The van der Waals surface area contributed by atoms with Gasteiger partial charge in [-0.05, 0) is 83.5 Å². The molecule has 0 aliphatic carbocycles. The summed E-state index contributed by atoms with van der Waals surface area (Å²) in [6.45, 7) is 4.51. The van der Waals surface area contributed by atoms with Crippen LogP contribution in [0.25, 0.3) is 0 Å². The topological polar surface area (TPSA) is 102 Å². The molecule has 0 aliphatic rings. The second-order valence-electron chi connectivity index (χ2n) is 17.3. The van der Waals surface area contributed by atoms with Gasteiger partial charge in [0.2, 0.25) is 0 Å². The van der Waals surface area contributed by atoms with E-state index in [-0.39, 0.29) is 42.7 Å². The third-order valence-electron chi connectivity index (χ3n) is 10.6. The first-order valence-corrected chi connectivity index (χ1v) is 24.5. The van der Waals surface area contributed by atoms with Crippen LogP contribution in [-0.4, -0.2) is 75.5 Å². The van der Waals surface area contributed by atoms with Crippen molar-refractivity contribution >= 4 is 17.9 Å². The van der Waals surface area contributed by atoms with Crippen LogP contribution < -0.4 is 5.11 Å². The van der Waals surface area contributed by atoms with Crippen LogP contribution in [0.1, 0.15) is 194 Å². The van der Waals surface area contributed by atoms with E-state index in [1.807, 2.05) is 0 Å². The van der Waals surface area contributed by atoms with Crippen molar-refractivity contribution in [3.63, 3.8) is 0 Å². The molecule has 0 aliphatic heterocycles. The summed E-state index contributed by atoms with van der Waals surface area (Å²) in [4.78, 5) is 37.0. The molecule has 0 saturated heterocycles. The van der Waals surface area contributed by atoms with Crippen LogP contribution in [0.4, 0.5) is 0 Å². The molecule has 61 heavy (non-hydrogen) atoms. The number of nitrogens with zero attached hydrogens (tertiary/aromatic N) is 1. The Morgan fingerprint density at radius 1 is 0.508 bits per heavy atom. The number of esters is 2. The second-order valence-corrected chi connectivity index (χ2v) is 17.3. The highest BCUT2D eigenvalue weighted by Crippen LogP contribution is 2.14. The van der Waals surface area contributed by atoms with E-state index in [9.17, 15) is 19.5 Å². The fourth-order valence-electron chi connectivity index (χ4n) is 6.80. The highest BCUT2D eigenvalue weighted by molar-refractivity contribution is 5.70. The van der Waals surface area contributed by atoms with E-state index in [4.69, 9.17) is 14.2 Å². The van der Waals surface area contributed by atoms with Gasteiger partial charge in [-0.2, -0.15) is 0 Å². The molecule has 0 fully saturated rings. The van der Waals surface area contributed by atoms with Crippen LogP contribution >= 0.6 is 0 Å². The molecule has 0 N–H and O–H groups in total. The quantitative estimate of drug-likeness (QED) is 0.0260. The average Bonchev–Trinajstić information content (AvgIpc) is 3.22. The van der Waals surface area contributed by atoms with Gasteiger partial charge in [0.05, 0.1) is 40.3 Å². The van der Waals surface area contributed by atoms with Crippen LogP contribution in [0.5, 0.6) is 0 Å². The molecule has 2 atom stereocenters. The normalized spacial score (nSPS) is 13.5. The van der Waals surface area contributed by atoms with Crippen LogP contribution in [-0.2, 0) is 28.6 Å². The van der Waals surface area contributed by atoms with E-state index in [0.29, 0.717) is 12.8 Å². The van der Waals surface area contributed by atoms with Crippen LogP contribution in [0, 0.1) is 0 Å². The minimum absolute atomic E-state index is 0.0290. The van der Waals surface area contributed by atoms with Crippen molar-refractivity contribution in [1.82, 2.24) is 0 Å². The lowest BCUT2D eigenvalue weighted by Gasteiger charge is -2.34. The molecule has 0 bridgehead atoms. The smallest absolute Gasteiger partial charge is 0.306 e. The number of ether oxygens (including phenoxy) is 3. The van der Waals surface area contributed by atoms with Gasteiger partial charge in [-0.25, -0.2) is 0 Å². The number of aliphatic carboxylic acids is 1. The monoisotopic (exact) mass is 854 g/mol. The van der Waals surface area contributed by atoms with Crippen molar-refractivity contribution in [1.29, 1.82) is 0 Å². The molecule has 0 saturated carbocycles. The summed E-state index contributed by atoms with van der Waals surface area (Å²) >= 11 is 0.